The molecule has 3 nitrogen and oxygen atoms in total. The molecule has 1 aliphatic carbocycles. The van der Waals surface area contributed by atoms with Crippen molar-refractivity contribution >= 4 is 23.6 Å². The van der Waals surface area contributed by atoms with Crippen LogP contribution in [0, 0.1) is 19.7 Å². The summed E-state index contributed by atoms with van der Waals surface area (Å²) in [4.78, 5) is 0. The SMILES string of the molecule is Cc1cc2c(cc1F)c(C)c(B(O)O)n2C1CCC1. The molecule has 0 radical (unpaired) electrons. The largest absolute Gasteiger partial charge is 0.506 e. The third-order valence-corrected chi connectivity index (χ3v) is 4.27. The van der Waals surface area contributed by atoms with Crippen molar-refractivity contribution < 1.29 is 14.4 Å². The van der Waals surface area contributed by atoms with Gasteiger partial charge in [-0.2, -0.15) is 0 Å². The van der Waals surface area contributed by atoms with E-state index in [9.17, 15) is 14.4 Å². The zero-order chi connectivity index (χ0) is 13.7. The molecule has 100 valence electrons. The van der Waals surface area contributed by atoms with E-state index in [4.69, 9.17) is 0 Å². The van der Waals surface area contributed by atoms with Gasteiger partial charge in [0.2, 0.25) is 0 Å². The first kappa shape index (κ1) is 12.7. The predicted molar refractivity (Wildman–Crippen MR) is 74.1 cm³/mol. The molecule has 0 spiro atoms. The Morgan fingerprint density at radius 3 is 2.47 bits per heavy atom. The summed E-state index contributed by atoms with van der Waals surface area (Å²) in [5.74, 6) is -0.250. The van der Waals surface area contributed by atoms with Crippen molar-refractivity contribution in [2.75, 3.05) is 0 Å². The van der Waals surface area contributed by atoms with Crippen LogP contribution in [0.4, 0.5) is 4.39 Å². The fraction of sp³-hybridized carbons (Fsp3) is 0.429. The predicted octanol–water partition coefficient (Wildman–Crippen LogP) is 1.80. The molecule has 1 heterocycles. The van der Waals surface area contributed by atoms with E-state index in [1.807, 2.05) is 17.6 Å². The van der Waals surface area contributed by atoms with Gasteiger partial charge in [-0.05, 0) is 56.4 Å². The van der Waals surface area contributed by atoms with Crippen molar-refractivity contribution in [1.29, 1.82) is 0 Å². The number of benzene rings is 1. The quantitative estimate of drug-likeness (QED) is 0.810. The highest BCUT2D eigenvalue weighted by atomic mass is 19.1. The van der Waals surface area contributed by atoms with E-state index in [1.54, 1.807) is 6.92 Å². The summed E-state index contributed by atoms with van der Waals surface area (Å²) in [6, 6.07) is 3.61. The van der Waals surface area contributed by atoms with E-state index in [0.29, 0.717) is 17.2 Å². The van der Waals surface area contributed by atoms with Gasteiger partial charge in [0.1, 0.15) is 5.82 Å². The molecule has 1 aromatic heterocycles. The maximum absolute atomic E-state index is 13.7. The van der Waals surface area contributed by atoms with Crippen LogP contribution in [0.15, 0.2) is 12.1 Å². The van der Waals surface area contributed by atoms with Crippen molar-refractivity contribution in [2.45, 2.75) is 39.2 Å². The normalized spacial score (nSPS) is 15.8. The Hall–Kier alpha value is -1.33. The van der Waals surface area contributed by atoms with Crippen LogP contribution in [0.5, 0.6) is 0 Å². The molecule has 19 heavy (non-hydrogen) atoms. The molecular formula is C14H17BFNO2. The van der Waals surface area contributed by atoms with E-state index in [0.717, 1.165) is 35.7 Å². The van der Waals surface area contributed by atoms with Gasteiger partial charge in [0.15, 0.2) is 0 Å². The smallest absolute Gasteiger partial charge is 0.422 e. The Labute approximate surface area is 111 Å². The Morgan fingerprint density at radius 2 is 1.95 bits per heavy atom. The average molecular weight is 261 g/mol. The Kier molecular flexibility index (Phi) is 2.91. The van der Waals surface area contributed by atoms with Gasteiger partial charge >= 0.3 is 7.12 Å². The lowest BCUT2D eigenvalue weighted by molar-refractivity contribution is 0.321. The van der Waals surface area contributed by atoms with Crippen LogP contribution in [0.1, 0.15) is 36.4 Å². The minimum absolute atomic E-state index is 0.250. The van der Waals surface area contributed by atoms with Crippen molar-refractivity contribution in [2.24, 2.45) is 0 Å². The first-order chi connectivity index (χ1) is 9.00. The second-order valence-electron chi connectivity index (χ2n) is 5.46. The first-order valence-corrected chi connectivity index (χ1v) is 6.67. The molecule has 0 bridgehead atoms. The van der Waals surface area contributed by atoms with Gasteiger partial charge in [0.25, 0.3) is 0 Å². The van der Waals surface area contributed by atoms with Crippen LogP contribution in [-0.2, 0) is 0 Å². The van der Waals surface area contributed by atoms with Crippen molar-refractivity contribution in [1.82, 2.24) is 4.57 Å². The lowest BCUT2D eigenvalue weighted by Gasteiger charge is -2.30. The number of hydrogen-bond acceptors (Lipinski definition) is 2. The molecule has 0 aliphatic heterocycles. The number of halogens is 1. The number of hydrogen-bond donors (Lipinski definition) is 2. The fourth-order valence-corrected chi connectivity index (χ4v) is 2.97. The molecule has 1 aromatic carbocycles. The minimum Gasteiger partial charge on any atom is -0.422 e. The van der Waals surface area contributed by atoms with E-state index < -0.39 is 7.12 Å². The standard InChI is InChI=1S/C14H17BFNO2/c1-8-6-13-11(7-12(8)16)9(2)14(15(18)19)17(13)10-4-3-5-10/h6-7,10,18-19H,3-5H2,1-2H3. The van der Waals surface area contributed by atoms with E-state index in [-0.39, 0.29) is 5.82 Å². The molecule has 2 aromatic rings. The summed E-state index contributed by atoms with van der Waals surface area (Å²) in [6.45, 7) is 3.55. The summed E-state index contributed by atoms with van der Waals surface area (Å²) in [5.41, 5.74) is 2.76. The molecule has 0 atom stereocenters. The molecule has 0 saturated heterocycles. The van der Waals surface area contributed by atoms with Crippen molar-refractivity contribution in [3.63, 3.8) is 0 Å². The van der Waals surface area contributed by atoms with Crippen LogP contribution < -0.4 is 5.59 Å². The molecule has 1 saturated carbocycles. The Balaban J connectivity index is 2.35. The average Bonchev–Trinajstić information content (AvgIpc) is 2.52. The lowest BCUT2D eigenvalue weighted by Crippen LogP contribution is -2.40. The van der Waals surface area contributed by atoms with Gasteiger partial charge in [0, 0.05) is 16.9 Å². The highest BCUT2D eigenvalue weighted by molar-refractivity contribution is 6.59. The van der Waals surface area contributed by atoms with Crippen LogP contribution in [-0.4, -0.2) is 21.7 Å². The topological polar surface area (TPSA) is 45.4 Å². The van der Waals surface area contributed by atoms with E-state index >= 15 is 0 Å². The van der Waals surface area contributed by atoms with E-state index in [2.05, 4.69) is 0 Å². The summed E-state index contributed by atoms with van der Waals surface area (Å²) >= 11 is 0. The molecule has 3 rings (SSSR count). The number of aryl methyl sites for hydroxylation is 2. The number of rotatable bonds is 2. The van der Waals surface area contributed by atoms with Gasteiger partial charge < -0.3 is 14.6 Å². The number of fused-ring (bicyclic) bond motifs is 1. The molecule has 5 heteroatoms. The second-order valence-corrected chi connectivity index (χ2v) is 5.46. The van der Waals surface area contributed by atoms with Crippen LogP contribution in [0.2, 0.25) is 0 Å². The maximum Gasteiger partial charge on any atom is 0.506 e. The number of aromatic nitrogens is 1. The molecule has 2 N–H and O–H groups in total. The molecular weight excluding hydrogens is 244 g/mol. The third kappa shape index (κ3) is 1.80. The Morgan fingerprint density at radius 1 is 1.26 bits per heavy atom. The van der Waals surface area contributed by atoms with Gasteiger partial charge in [0.05, 0.1) is 5.59 Å². The summed E-state index contributed by atoms with van der Waals surface area (Å²) in [6.07, 6.45) is 3.24. The zero-order valence-corrected chi connectivity index (χ0v) is 11.2. The van der Waals surface area contributed by atoms with Gasteiger partial charge in [-0.15, -0.1) is 0 Å². The van der Waals surface area contributed by atoms with Crippen molar-refractivity contribution in [3.8, 4) is 0 Å². The van der Waals surface area contributed by atoms with Crippen LogP contribution in [0.25, 0.3) is 10.9 Å². The molecule has 0 amide bonds. The van der Waals surface area contributed by atoms with Crippen molar-refractivity contribution in [3.05, 3.63) is 29.1 Å². The molecule has 1 fully saturated rings. The minimum atomic E-state index is -1.52. The monoisotopic (exact) mass is 261 g/mol. The summed E-state index contributed by atoms with van der Waals surface area (Å²) in [5, 5.41) is 20.0. The highest BCUT2D eigenvalue weighted by Crippen LogP contribution is 2.35. The number of nitrogens with zero attached hydrogens (tertiary/aromatic N) is 1. The maximum atomic E-state index is 13.7. The van der Waals surface area contributed by atoms with Gasteiger partial charge in [-0.25, -0.2) is 4.39 Å². The van der Waals surface area contributed by atoms with Gasteiger partial charge in [-0.3, -0.25) is 0 Å². The van der Waals surface area contributed by atoms with E-state index in [1.165, 1.54) is 6.07 Å². The summed E-state index contributed by atoms with van der Waals surface area (Å²) < 4.78 is 15.7. The second kappa shape index (κ2) is 4.35. The lowest BCUT2D eigenvalue weighted by atomic mass is 9.81. The fourth-order valence-electron chi connectivity index (χ4n) is 2.97. The van der Waals surface area contributed by atoms with Gasteiger partial charge in [-0.1, -0.05) is 0 Å². The van der Waals surface area contributed by atoms with Crippen LogP contribution in [0.3, 0.4) is 0 Å². The first-order valence-electron chi connectivity index (χ1n) is 6.67. The Bertz CT molecular complexity index is 647. The summed E-state index contributed by atoms with van der Waals surface area (Å²) in [7, 11) is -1.52. The molecule has 0 unspecified atom stereocenters. The highest BCUT2D eigenvalue weighted by Gasteiger charge is 2.30. The zero-order valence-electron chi connectivity index (χ0n) is 11.2. The molecule has 1 aliphatic rings. The third-order valence-electron chi connectivity index (χ3n) is 4.27. The van der Waals surface area contributed by atoms with Crippen LogP contribution >= 0.6 is 0 Å².